The molecule has 2 aromatic rings. The minimum absolute atomic E-state index is 0.00323. The third-order valence-electron chi connectivity index (χ3n) is 2.52. The van der Waals surface area contributed by atoms with E-state index in [0.29, 0.717) is 15.7 Å². The summed E-state index contributed by atoms with van der Waals surface area (Å²) in [5.41, 5.74) is 6.62. The van der Waals surface area contributed by atoms with E-state index in [1.165, 1.54) is 13.1 Å². The van der Waals surface area contributed by atoms with Crippen molar-refractivity contribution < 1.29 is 8.42 Å². The Kier molecular flexibility index (Phi) is 3.96. The van der Waals surface area contributed by atoms with Gasteiger partial charge in [-0.1, -0.05) is 23.2 Å². The second-order valence-corrected chi connectivity index (χ2v) is 7.98. The van der Waals surface area contributed by atoms with Crippen molar-refractivity contribution in [2.45, 2.75) is 4.90 Å². The number of rotatable bonds is 3. The fraction of sp³-hybridized carbons (Fsp3) is 0.0909. The maximum absolute atomic E-state index is 12.4. The molecule has 2 N–H and O–H groups in total. The summed E-state index contributed by atoms with van der Waals surface area (Å²) in [5, 5.41) is 0. The van der Waals surface area contributed by atoms with Gasteiger partial charge in [-0.3, -0.25) is 4.31 Å². The van der Waals surface area contributed by atoms with Gasteiger partial charge in [-0.2, -0.15) is 0 Å². The summed E-state index contributed by atoms with van der Waals surface area (Å²) >= 11 is 12.7. The predicted molar refractivity (Wildman–Crippen MR) is 80.8 cm³/mol. The topological polar surface area (TPSA) is 63.4 Å². The summed E-state index contributed by atoms with van der Waals surface area (Å²) in [7, 11) is -2.28. The van der Waals surface area contributed by atoms with Gasteiger partial charge in [-0.15, -0.1) is 11.3 Å². The molecule has 1 aromatic heterocycles. The van der Waals surface area contributed by atoms with Crippen molar-refractivity contribution in [2.24, 2.45) is 0 Å². The van der Waals surface area contributed by atoms with Crippen molar-refractivity contribution in [3.63, 3.8) is 0 Å². The number of thiophene rings is 1. The Bertz CT molecular complexity index is 696. The molecule has 0 fully saturated rings. The van der Waals surface area contributed by atoms with Gasteiger partial charge in [-0.25, -0.2) is 8.42 Å². The van der Waals surface area contributed by atoms with Crippen molar-refractivity contribution in [1.82, 2.24) is 0 Å². The van der Waals surface area contributed by atoms with Gasteiger partial charge < -0.3 is 5.73 Å². The number of sulfonamides is 1. The fourth-order valence-corrected chi connectivity index (χ4v) is 4.78. The average molecular weight is 337 g/mol. The van der Waals surface area contributed by atoms with Gasteiger partial charge in [0.05, 0.1) is 10.0 Å². The van der Waals surface area contributed by atoms with Crippen LogP contribution in [0.4, 0.5) is 11.4 Å². The van der Waals surface area contributed by atoms with Crippen molar-refractivity contribution in [3.8, 4) is 0 Å². The normalized spacial score (nSPS) is 11.5. The van der Waals surface area contributed by atoms with Crippen LogP contribution in [0.5, 0.6) is 0 Å². The monoisotopic (exact) mass is 336 g/mol. The number of hydrogen-bond donors (Lipinski definition) is 1. The van der Waals surface area contributed by atoms with E-state index in [0.717, 1.165) is 15.6 Å². The zero-order valence-corrected chi connectivity index (χ0v) is 12.9. The first-order valence-corrected chi connectivity index (χ1v) is 8.13. The molecule has 0 saturated carbocycles. The first-order chi connectivity index (χ1) is 8.82. The number of benzene rings is 1. The largest absolute Gasteiger partial charge is 0.399 e. The lowest BCUT2D eigenvalue weighted by molar-refractivity contribution is 0.595. The van der Waals surface area contributed by atoms with Crippen LogP contribution < -0.4 is 10.0 Å². The first kappa shape index (κ1) is 14.5. The highest BCUT2D eigenvalue weighted by Crippen LogP contribution is 2.36. The number of nitrogens with zero attached hydrogens (tertiary/aromatic N) is 1. The highest BCUT2D eigenvalue weighted by atomic mass is 35.5. The number of anilines is 2. The smallest absolute Gasteiger partial charge is 0.266 e. The lowest BCUT2D eigenvalue weighted by Crippen LogP contribution is -2.26. The van der Waals surface area contributed by atoms with Crippen LogP contribution in [0.1, 0.15) is 0 Å². The number of nitrogens with two attached hydrogens (primary N) is 1. The summed E-state index contributed by atoms with van der Waals surface area (Å²) < 4.78 is 26.4. The van der Waals surface area contributed by atoms with Gasteiger partial charge in [-0.05, 0) is 30.3 Å². The molecule has 1 heterocycles. The highest BCUT2D eigenvalue weighted by Gasteiger charge is 2.26. The van der Waals surface area contributed by atoms with Crippen molar-refractivity contribution in [1.29, 1.82) is 0 Å². The Balaban J connectivity index is 2.45. The van der Waals surface area contributed by atoms with E-state index in [9.17, 15) is 8.42 Å². The Hall–Kier alpha value is -0.950. The number of hydrogen-bond acceptors (Lipinski definition) is 4. The zero-order chi connectivity index (χ0) is 14.2. The molecule has 102 valence electrons. The molecule has 0 bridgehead atoms. The van der Waals surface area contributed by atoms with E-state index in [1.807, 2.05) is 0 Å². The minimum Gasteiger partial charge on any atom is -0.399 e. The third kappa shape index (κ3) is 2.81. The molecule has 4 nitrogen and oxygen atoms in total. The Morgan fingerprint density at radius 3 is 2.26 bits per heavy atom. The van der Waals surface area contributed by atoms with Gasteiger partial charge in [0.15, 0.2) is 0 Å². The van der Waals surface area contributed by atoms with Crippen LogP contribution >= 0.6 is 34.5 Å². The summed E-state index contributed by atoms with van der Waals surface area (Å²) in [6, 6.07) is 7.84. The maximum atomic E-state index is 12.4. The van der Waals surface area contributed by atoms with E-state index >= 15 is 0 Å². The van der Waals surface area contributed by atoms with E-state index in [4.69, 9.17) is 28.9 Å². The van der Waals surface area contributed by atoms with Crippen molar-refractivity contribution in [2.75, 3.05) is 17.1 Å². The molecule has 0 unspecified atom stereocenters. The molecule has 0 radical (unpaired) electrons. The molecule has 8 heteroatoms. The average Bonchev–Trinajstić information content (AvgIpc) is 2.69. The summed E-state index contributed by atoms with van der Waals surface area (Å²) in [5.74, 6) is 0. The standard InChI is InChI=1S/C11H10Cl2N2O2S2/c1-15(8-4-2-7(14)3-5-8)19(16,17)9-6-10(12)18-11(9)13/h2-6H,14H2,1H3. The third-order valence-corrected chi connectivity index (χ3v) is 6.06. The van der Waals surface area contributed by atoms with Crippen molar-refractivity contribution in [3.05, 3.63) is 39.0 Å². The summed E-state index contributed by atoms with van der Waals surface area (Å²) in [4.78, 5) is 0.00323. The Morgan fingerprint density at radius 2 is 1.79 bits per heavy atom. The quantitative estimate of drug-likeness (QED) is 0.873. The molecule has 0 aliphatic carbocycles. The molecule has 2 rings (SSSR count). The molecule has 0 spiro atoms. The van der Waals surface area contributed by atoms with Crippen LogP contribution in [0, 0.1) is 0 Å². The predicted octanol–water partition coefficient (Wildman–Crippen LogP) is 3.46. The van der Waals surface area contributed by atoms with Gasteiger partial charge in [0.1, 0.15) is 9.23 Å². The second kappa shape index (κ2) is 5.20. The second-order valence-electron chi connectivity index (χ2n) is 3.75. The SMILES string of the molecule is CN(c1ccc(N)cc1)S(=O)(=O)c1cc(Cl)sc1Cl. The van der Waals surface area contributed by atoms with E-state index in [2.05, 4.69) is 0 Å². The van der Waals surface area contributed by atoms with Crippen LogP contribution in [-0.2, 0) is 10.0 Å². The van der Waals surface area contributed by atoms with Crippen molar-refractivity contribution >= 4 is 55.9 Å². The van der Waals surface area contributed by atoms with Crippen LogP contribution in [0.3, 0.4) is 0 Å². The maximum Gasteiger partial charge on any atom is 0.266 e. The Labute approximate surface area is 125 Å². The molecular weight excluding hydrogens is 327 g/mol. The molecule has 0 aliphatic heterocycles. The molecular formula is C11H10Cl2N2O2S2. The van der Waals surface area contributed by atoms with Crippen LogP contribution in [0.2, 0.25) is 8.67 Å². The molecule has 19 heavy (non-hydrogen) atoms. The first-order valence-electron chi connectivity index (χ1n) is 5.11. The van der Waals surface area contributed by atoms with Crippen LogP contribution in [0.15, 0.2) is 35.2 Å². The minimum atomic E-state index is -3.73. The molecule has 0 amide bonds. The summed E-state index contributed by atoms with van der Waals surface area (Å²) in [6.07, 6.45) is 0. The van der Waals surface area contributed by atoms with Gasteiger partial charge in [0.25, 0.3) is 10.0 Å². The van der Waals surface area contributed by atoms with Gasteiger partial charge in [0, 0.05) is 12.7 Å². The lowest BCUT2D eigenvalue weighted by atomic mass is 10.3. The molecule has 1 aromatic carbocycles. The lowest BCUT2D eigenvalue weighted by Gasteiger charge is -2.19. The molecule has 0 aliphatic rings. The molecule has 0 atom stereocenters. The van der Waals surface area contributed by atoms with Gasteiger partial charge in [0.2, 0.25) is 0 Å². The molecule has 0 saturated heterocycles. The zero-order valence-electron chi connectivity index (χ0n) is 9.80. The van der Waals surface area contributed by atoms with Gasteiger partial charge >= 0.3 is 0 Å². The van der Waals surface area contributed by atoms with E-state index in [-0.39, 0.29) is 9.23 Å². The number of halogens is 2. The van der Waals surface area contributed by atoms with Crippen LogP contribution in [0.25, 0.3) is 0 Å². The van der Waals surface area contributed by atoms with Crippen LogP contribution in [-0.4, -0.2) is 15.5 Å². The van der Waals surface area contributed by atoms with E-state index in [1.54, 1.807) is 24.3 Å². The number of nitrogen functional groups attached to an aromatic ring is 1. The highest BCUT2D eigenvalue weighted by molar-refractivity contribution is 7.93. The Morgan fingerprint density at radius 1 is 1.21 bits per heavy atom. The fourth-order valence-electron chi connectivity index (χ4n) is 1.47. The summed E-state index contributed by atoms with van der Waals surface area (Å²) in [6.45, 7) is 0. The van der Waals surface area contributed by atoms with E-state index < -0.39 is 10.0 Å².